The van der Waals surface area contributed by atoms with E-state index in [0.29, 0.717) is 24.7 Å². The van der Waals surface area contributed by atoms with Crippen LogP contribution in [-0.2, 0) is 0 Å². The van der Waals surface area contributed by atoms with E-state index in [1.54, 1.807) is 4.68 Å². The minimum Gasteiger partial charge on any atom is -0.368 e. The van der Waals surface area contributed by atoms with E-state index in [2.05, 4.69) is 31.0 Å². The second-order valence-corrected chi connectivity index (χ2v) is 6.28. The summed E-state index contributed by atoms with van der Waals surface area (Å²) >= 11 is 0. The Bertz CT molecular complexity index is 935. The van der Waals surface area contributed by atoms with E-state index < -0.39 is 0 Å². The number of aryl methyl sites for hydroxylation is 3. The van der Waals surface area contributed by atoms with Crippen LogP contribution in [0.5, 0.6) is 0 Å². The van der Waals surface area contributed by atoms with Crippen LogP contribution in [0.25, 0.3) is 5.82 Å². The normalized spacial score (nSPS) is 10.5. The summed E-state index contributed by atoms with van der Waals surface area (Å²) in [6.07, 6.45) is 1.49. The number of hydrogen-bond acceptors (Lipinski definition) is 5. The van der Waals surface area contributed by atoms with Crippen LogP contribution < -0.4 is 16.0 Å². The Morgan fingerprint density at radius 2 is 1.93 bits per heavy atom. The van der Waals surface area contributed by atoms with Crippen molar-refractivity contribution in [3.05, 3.63) is 59.7 Å². The van der Waals surface area contributed by atoms with Crippen LogP contribution in [0.15, 0.2) is 42.7 Å². The van der Waals surface area contributed by atoms with Crippen LogP contribution in [0, 0.1) is 20.8 Å². The van der Waals surface area contributed by atoms with Gasteiger partial charge >= 0.3 is 6.03 Å². The Kier molecular flexibility index (Phi) is 5.65. The molecule has 27 heavy (non-hydrogen) atoms. The molecule has 3 rings (SSSR count). The number of anilines is 2. The summed E-state index contributed by atoms with van der Waals surface area (Å²) in [7, 11) is 0. The number of carbonyl (C=O) groups is 1. The zero-order valence-electron chi connectivity index (χ0n) is 15.7. The summed E-state index contributed by atoms with van der Waals surface area (Å²) in [4.78, 5) is 20.4. The number of benzene rings is 1. The van der Waals surface area contributed by atoms with Gasteiger partial charge < -0.3 is 16.0 Å². The molecule has 3 N–H and O–H groups in total. The van der Waals surface area contributed by atoms with E-state index in [4.69, 9.17) is 0 Å². The van der Waals surface area contributed by atoms with Gasteiger partial charge in [-0.2, -0.15) is 5.10 Å². The van der Waals surface area contributed by atoms with Crippen molar-refractivity contribution < 1.29 is 4.79 Å². The lowest BCUT2D eigenvalue weighted by Gasteiger charge is -2.10. The fraction of sp³-hybridized carbons (Fsp3) is 0.263. The predicted molar refractivity (Wildman–Crippen MR) is 105 cm³/mol. The highest BCUT2D eigenvalue weighted by Crippen LogP contribution is 2.12. The summed E-state index contributed by atoms with van der Waals surface area (Å²) in [5.74, 6) is 1.37. The molecule has 0 spiro atoms. The van der Waals surface area contributed by atoms with Gasteiger partial charge in [-0.15, -0.1) is 0 Å². The maximum atomic E-state index is 11.9. The van der Waals surface area contributed by atoms with Crippen molar-refractivity contribution in [1.82, 2.24) is 25.1 Å². The average Bonchev–Trinajstić information content (AvgIpc) is 2.97. The van der Waals surface area contributed by atoms with Gasteiger partial charge in [0.15, 0.2) is 5.82 Å². The van der Waals surface area contributed by atoms with Gasteiger partial charge in [0.1, 0.15) is 12.1 Å². The highest BCUT2D eigenvalue weighted by atomic mass is 16.2. The molecule has 3 aromatic rings. The zero-order chi connectivity index (χ0) is 19.2. The van der Waals surface area contributed by atoms with Gasteiger partial charge in [-0.1, -0.05) is 12.1 Å². The number of carbonyl (C=O) groups excluding carboxylic acids is 1. The molecule has 0 fully saturated rings. The first-order valence-corrected chi connectivity index (χ1v) is 8.72. The van der Waals surface area contributed by atoms with Gasteiger partial charge in [0.2, 0.25) is 0 Å². The summed E-state index contributed by atoms with van der Waals surface area (Å²) in [6.45, 7) is 6.89. The van der Waals surface area contributed by atoms with Gasteiger partial charge in [-0.25, -0.2) is 19.4 Å². The molecule has 0 radical (unpaired) electrons. The van der Waals surface area contributed by atoms with Crippen LogP contribution in [0.1, 0.15) is 17.0 Å². The first-order valence-electron chi connectivity index (χ1n) is 8.72. The Hall–Kier alpha value is -3.42. The number of nitrogens with one attached hydrogen (secondary N) is 3. The SMILES string of the molecule is Cc1cccc(NC(=O)NCCNc2cc(-n3nc(C)cc3C)ncn2)c1. The van der Waals surface area contributed by atoms with Crippen LogP contribution in [-0.4, -0.2) is 38.9 Å². The lowest BCUT2D eigenvalue weighted by Crippen LogP contribution is -2.32. The van der Waals surface area contributed by atoms with Crippen molar-refractivity contribution in [2.75, 3.05) is 23.7 Å². The second-order valence-electron chi connectivity index (χ2n) is 6.28. The molecule has 2 aromatic heterocycles. The van der Waals surface area contributed by atoms with Crippen molar-refractivity contribution in [2.45, 2.75) is 20.8 Å². The van der Waals surface area contributed by atoms with Crippen LogP contribution in [0.2, 0.25) is 0 Å². The third-order valence-corrected chi connectivity index (χ3v) is 3.87. The van der Waals surface area contributed by atoms with Gasteiger partial charge in [0, 0.05) is 30.5 Å². The molecule has 0 atom stereocenters. The molecule has 0 aliphatic carbocycles. The van der Waals surface area contributed by atoms with E-state index in [9.17, 15) is 4.79 Å². The standard InChI is InChI=1S/C19H23N7O/c1-13-5-4-6-16(9-13)24-19(27)21-8-7-20-17-11-18(23-12-22-17)26-15(3)10-14(2)25-26/h4-6,9-12H,7-8H2,1-3H3,(H,20,22,23)(H2,21,24,27). The Labute approximate surface area is 158 Å². The molecule has 0 aliphatic rings. The van der Waals surface area contributed by atoms with E-state index in [0.717, 1.165) is 22.6 Å². The Morgan fingerprint density at radius 3 is 2.67 bits per heavy atom. The van der Waals surface area contributed by atoms with Crippen molar-refractivity contribution in [2.24, 2.45) is 0 Å². The van der Waals surface area contributed by atoms with E-state index in [-0.39, 0.29) is 6.03 Å². The zero-order valence-corrected chi connectivity index (χ0v) is 15.7. The molecule has 140 valence electrons. The molecular formula is C19H23N7O. The highest BCUT2D eigenvalue weighted by molar-refractivity contribution is 5.89. The van der Waals surface area contributed by atoms with Gasteiger partial charge in [-0.3, -0.25) is 0 Å². The second kappa shape index (κ2) is 8.31. The molecule has 0 bridgehead atoms. The quantitative estimate of drug-likeness (QED) is 0.584. The topological polar surface area (TPSA) is 96.8 Å². The maximum absolute atomic E-state index is 11.9. The first-order chi connectivity index (χ1) is 13.0. The van der Waals surface area contributed by atoms with Gasteiger partial charge in [-0.05, 0) is 44.5 Å². The number of urea groups is 1. The maximum Gasteiger partial charge on any atom is 0.319 e. The van der Waals surface area contributed by atoms with E-state index in [1.807, 2.05) is 57.2 Å². The van der Waals surface area contributed by atoms with Crippen LogP contribution >= 0.6 is 0 Å². The number of amides is 2. The van der Waals surface area contributed by atoms with E-state index >= 15 is 0 Å². The number of nitrogens with zero attached hydrogens (tertiary/aromatic N) is 4. The van der Waals surface area contributed by atoms with E-state index in [1.165, 1.54) is 6.33 Å². The molecule has 8 heteroatoms. The predicted octanol–water partition coefficient (Wildman–Crippen LogP) is 2.82. The molecule has 2 heterocycles. The third kappa shape index (κ3) is 5.04. The molecule has 0 saturated heterocycles. The third-order valence-electron chi connectivity index (χ3n) is 3.87. The number of aromatic nitrogens is 4. The smallest absolute Gasteiger partial charge is 0.319 e. The first kappa shape index (κ1) is 18.4. The largest absolute Gasteiger partial charge is 0.368 e. The van der Waals surface area contributed by atoms with Crippen molar-refractivity contribution in [1.29, 1.82) is 0 Å². The lowest BCUT2D eigenvalue weighted by molar-refractivity contribution is 0.252. The average molecular weight is 365 g/mol. The summed E-state index contributed by atoms with van der Waals surface area (Å²) in [5, 5.41) is 13.2. The molecule has 1 aromatic carbocycles. The fourth-order valence-corrected chi connectivity index (χ4v) is 2.69. The monoisotopic (exact) mass is 365 g/mol. The molecule has 0 saturated carbocycles. The molecule has 8 nitrogen and oxygen atoms in total. The van der Waals surface area contributed by atoms with Crippen molar-refractivity contribution >= 4 is 17.5 Å². The minimum atomic E-state index is -0.242. The Morgan fingerprint density at radius 1 is 1.07 bits per heavy atom. The van der Waals surface area contributed by atoms with Crippen LogP contribution in [0.4, 0.5) is 16.3 Å². The van der Waals surface area contributed by atoms with Gasteiger partial charge in [0.05, 0.1) is 5.69 Å². The number of rotatable bonds is 6. The molecular weight excluding hydrogens is 342 g/mol. The van der Waals surface area contributed by atoms with Crippen molar-refractivity contribution in [3.8, 4) is 5.82 Å². The Balaban J connectivity index is 1.48. The summed E-state index contributed by atoms with van der Waals surface area (Å²) < 4.78 is 1.77. The summed E-state index contributed by atoms with van der Waals surface area (Å²) in [6, 6.07) is 11.2. The van der Waals surface area contributed by atoms with Gasteiger partial charge in [0.25, 0.3) is 0 Å². The minimum absolute atomic E-state index is 0.242. The summed E-state index contributed by atoms with van der Waals surface area (Å²) in [5.41, 5.74) is 3.80. The molecule has 0 unspecified atom stereocenters. The fourth-order valence-electron chi connectivity index (χ4n) is 2.69. The highest BCUT2D eigenvalue weighted by Gasteiger charge is 2.06. The van der Waals surface area contributed by atoms with Crippen LogP contribution in [0.3, 0.4) is 0 Å². The number of hydrogen-bond donors (Lipinski definition) is 3. The lowest BCUT2D eigenvalue weighted by atomic mass is 10.2. The molecule has 2 amide bonds. The van der Waals surface area contributed by atoms with Crippen molar-refractivity contribution in [3.63, 3.8) is 0 Å². The molecule has 0 aliphatic heterocycles.